The van der Waals surface area contributed by atoms with Gasteiger partial charge in [0.25, 0.3) is 0 Å². The number of thiophene rings is 1. The van der Waals surface area contributed by atoms with E-state index in [4.69, 9.17) is 5.73 Å². The zero-order valence-electron chi connectivity index (χ0n) is 9.60. The lowest BCUT2D eigenvalue weighted by Gasteiger charge is -2.10. The van der Waals surface area contributed by atoms with E-state index in [2.05, 4.69) is 40.6 Å². The standard InChI is InChI=1S/C12H17N3S/c1-8(2)5-10(13)12-14-6-11(15-12)9-3-4-16-7-9/h3-4,6-8,10H,5,13H2,1-2H3,(H,14,15). The molecule has 0 aliphatic carbocycles. The maximum atomic E-state index is 6.07. The summed E-state index contributed by atoms with van der Waals surface area (Å²) in [5, 5.41) is 4.16. The lowest BCUT2D eigenvalue weighted by molar-refractivity contribution is 0.496. The van der Waals surface area contributed by atoms with Crippen LogP contribution in [0.4, 0.5) is 0 Å². The summed E-state index contributed by atoms with van der Waals surface area (Å²) in [7, 11) is 0. The molecule has 0 aromatic carbocycles. The van der Waals surface area contributed by atoms with E-state index in [9.17, 15) is 0 Å². The maximum absolute atomic E-state index is 6.07. The third-order valence-corrected chi connectivity index (χ3v) is 3.19. The highest BCUT2D eigenvalue weighted by molar-refractivity contribution is 7.08. The topological polar surface area (TPSA) is 54.7 Å². The second-order valence-electron chi connectivity index (χ2n) is 4.43. The van der Waals surface area contributed by atoms with Gasteiger partial charge in [0.15, 0.2) is 0 Å². The minimum Gasteiger partial charge on any atom is -0.341 e. The van der Waals surface area contributed by atoms with Gasteiger partial charge in [-0.25, -0.2) is 4.98 Å². The van der Waals surface area contributed by atoms with E-state index < -0.39 is 0 Å². The van der Waals surface area contributed by atoms with Gasteiger partial charge < -0.3 is 10.7 Å². The SMILES string of the molecule is CC(C)CC(N)c1ncc(-c2ccsc2)[nH]1. The van der Waals surface area contributed by atoms with E-state index in [1.807, 2.05) is 6.20 Å². The lowest BCUT2D eigenvalue weighted by Crippen LogP contribution is -2.14. The summed E-state index contributed by atoms with van der Waals surface area (Å²) < 4.78 is 0. The summed E-state index contributed by atoms with van der Waals surface area (Å²) >= 11 is 1.68. The van der Waals surface area contributed by atoms with Crippen molar-refractivity contribution in [1.29, 1.82) is 0 Å². The van der Waals surface area contributed by atoms with E-state index in [-0.39, 0.29) is 6.04 Å². The molecule has 0 spiro atoms. The highest BCUT2D eigenvalue weighted by Gasteiger charge is 2.12. The van der Waals surface area contributed by atoms with Gasteiger partial charge in [-0.05, 0) is 23.8 Å². The van der Waals surface area contributed by atoms with Crippen LogP contribution in [0.15, 0.2) is 23.0 Å². The van der Waals surface area contributed by atoms with Crippen molar-refractivity contribution < 1.29 is 0 Å². The fourth-order valence-corrected chi connectivity index (χ4v) is 2.36. The van der Waals surface area contributed by atoms with Crippen LogP contribution < -0.4 is 5.73 Å². The Balaban J connectivity index is 2.13. The number of hydrogen-bond donors (Lipinski definition) is 2. The molecule has 2 rings (SSSR count). The van der Waals surface area contributed by atoms with Crippen molar-refractivity contribution in [3.05, 3.63) is 28.8 Å². The highest BCUT2D eigenvalue weighted by atomic mass is 32.1. The summed E-state index contributed by atoms with van der Waals surface area (Å²) in [6, 6.07) is 2.09. The summed E-state index contributed by atoms with van der Waals surface area (Å²) in [6.07, 6.45) is 2.81. The molecule has 2 aromatic heterocycles. The van der Waals surface area contributed by atoms with Crippen molar-refractivity contribution in [3.63, 3.8) is 0 Å². The molecule has 0 radical (unpaired) electrons. The molecule has 3 N–H and O–H groups in total. The van der Waals surface area contributed by atoms with Gasteiger partial charge in [0.1, 0.15) is 5.82 Å². The third-order valence-electron chi connectivity index (χ3n) is 2.50. The molecule has 2 aromatic rings. The van der Waals surface area contributed by atoms with Crippen LogP contribution in [0.5, 0.6) is 0 Å². The number of nitrogens with one attached hydrogen (secondary N) is 1. The zero-order valence-corrected chi connectivity index (χ0v) is 10.4. The Kier molecular flexibility index (Phi) is 3.41. The number of H-pyrrole nitrogens is 1. The minimum atomic E-state index is 0.00684. The summed E-state index contributed by atoms with van der Waals surface area (Å²) in [5.74, 6) is 1.47. The zero-order chi connectivity index (χ0) is 11.5. The number of nitrogens with zero attached hydrogens (tertiary/aromatic N) is 1. The maximum Gasteiger partial charge on any atom is 0.123 e. The molecule has 0 saturated heterocycles. The fraction of sp³-hybridized carbons (Fsp3) is 0.417. The molecule has 1 atom stereocenters. The van der Waals surface area contributed by atoms with Crippen molar-refractivity contribution >= 4 is 11.3 Å². The molecule has 16 heavy (non-hydrogen) atoms. The molecule has 0 saturated carbocycles. The summed E-state index contributed by atoms with van der Waals surface area (Å²) in [6.45, 7) is 4.34. The quantitative estimate of drug-likeness (QED) is 0.855. The van der Waals surface area contributed by atoms with Crippen LogP contribution in [0.1, 0.15) is 32.1 Å². The molecule has 1 unspecified atom stereocenters. The normalized spacial score (nSPS) is 13.2. The van der Waals surface area contributed by atoms with Gasteiger partial charge in [-0.2, -0.15) is 11.3 Å². The van der Waals surface area contributed by atoms with Gasteiger partial charge in [-0.15, -0.1) is 0 Å². The molecular weight excluding hydrogens is 218 g/mol. The average molecular weight is 235 g/mol. The number of rotatable bonds is 4. The Morgan fingerprint density at radius 2 is 2.31 bits per heavy atom. The smallest absolute Gasteiger partial charge is 0.123 e. The van der Waals surface area contributed by atoms with Crippen LogP contribution in [0, 0.1) is 5.92 Å². The first-order valence-corrected chi connectivity index (χ1v) is 6.44. The molecule has 0 amide bonds. The molecule has 4 heteroatoms. The van der Waals surface area contributed by atoms with Crippen LogP contribution in [-0.4, -0.2) is 9.97 Å². The van der Waals surface area contributed by atoms with Crippen molar-refractivity contribution in [2.24, 2.45) is 11.7 Å². The second-order valence-corrected chi connectivity index (χ2v) is 5.21. The van der Waals surface area contributed by atoms with Crippen LogP contribution in [0.2, 0.25) is 0 Å². The Labute approximate surface area is 99.7 Å². The van der Waals surface area contributed by atoms with Crippen LogP contribution in [0.25, 0.3) is 11.3 Å². The molecule has 0 fully saturated rings. The summed E-state index contributed by atoms with van der Waals surface area (Å²) in [5.41, 5.74) is 8.30. The molecule has 0 aliphatic rings. The van der Waals surface area contributed by atoms with Crippen molar-refractivity contribution in [2.45, 2.75) is 26.3 Å². The first-order chi connectivity index (χ1) is 7.66. The van der Waals surface area contributed by atoms with Crippen molar-refractivity contribution in [2.75, 3.05) is 0 Å². The van der Waals surface area contributed by atoms with E-state index >= 15 is 0 Å². The van der Waals surface area contributed by atoms with Gasteiger partial charge >= 0.3 is 0 Å². The van der Waals surface area contributed by atoms with Crippen LogP contribution in [-0.2, 0) is 0 Å². The van der Waals surface area contributed by atoms with Gasteiger partial charge in [-0.3, -0.25) is 0 Å². The first kappa shape index (κ1) is 11.4. The largest absolute Gasteiger partial charge is 0.341 e. The predicted octanol–water partition coefficient (Wildman–Crippen LogP) is 3.18. The Morgan fingerprint density at radius 1 is 1.50 bits per heavy atom. The molecule has 0 aliphatic heterocycles. The van der Waals surface area contributed by atoms with E-state index in [0.717, 1.165) is 17.9 Å². The molecule has 0 bridgehead atoms. The molecule has 86 valence electrons. The molecular formula is C12H17N3S. The van der Waals surface area contributed by atoms with Gasteiger partial charge in [0.05, 0.1) is 17.9 Å². The Morgan fingerprint density at radius 3 is 2.94 bits per heavy atom. The van der Waals surface area contributed by atoms with Gasteiger partial charge in [-0.1, -0.05) is 13.8 Å². The van der Waals surface area contributed by atoms with Crippen molar-refractivity contribution in [1.82, 2.24) is 9.97 Å². The minimum absolute atomic E-state index is 0.00684. The Hall–Kier alpha value is -1.13. The fourth-order valence-electron chi connectivity index (χ4n) is 1.71. The number of nitrogens with two attached hydrogens (primary N) is 1. The highest BCUT2D eigenvalue weighted by Crippen LogP contribution is 2.22. The number of aromatic nitrogens is 2. The van der Waals surface area contributed by atoms with Gasteiger partial charge in [0, 0.05) is 10.9 Å². The average Bonchev–Trinajstić information content (AvgIpc) is 2.87. The molecule has 2 heterocycles. The van der Waals surface area contributed by atoms with Crippen LogP contribution in [0.3, 0.4) is 0 Å². The van der Waals surface area contributed by atoms with E-state index in [1.54, 1.807) is 11.3 Å². The van der Waals surface area contributed by atoms with E-state index in [1.165, 1.54) is 5.56 Å². The third kappa shape index (κ3) is 2.51. The van der Waals surface area contributed by atoms with Crippen molar-refractivity contribution in [3.8, 4) is 11.3 Å². The Bertz CT molecular complexity index is 431. The number of imidazole rings is 1. The first-order valence-electron chi connectivity index (χ1n) is 5.50. The monoisotopic (exact) mass is 235 g/mol. The number of hydrogen-bond acceptors (Lipinski definition) is 3. The lowest BCUT2D eigenvalue weighted by atomic mass is 10.0. The predicted molar refractivity (Wildman–Crippen MR) is 68.3 cm³/mol. The molecule has 3 nitrogen and oxygen atoms in total. The van der Waals surface area contributed by atoms with Gasteiger partial charge in [0.2, 0.25) is 0 Å². The second kappa shape index (κ2) is 4.80. The number of aromatic amines is 1. The summed E-state index contributed by atoms with van der Waals surface area (Å²) in [4.78, 5) is 7.64. The van der Waals surface area contributed by atoms with E-state index in [0.29, 0.717) is 5.92 Å². The van der Waals surface area contributed by atoms with Crippen LogP contribution >= 0.6 is 11.3 Å².